The van der Waals surface area contributed by atoms with Crippen LogP contribution in [0.4, 0.5) is 0 Å². The Morgan fingerprint density at radius 1 is 1.45 bits per heavy atom. The second kappa shape index (κ2) is 5.90. The number of benzene rings is 1. The third kappa shape index (κ3) is 3.56. The number of hydrogen-bond acceptors (Lipinski definition) is 6. The second-order valence-corrected chi connectivity index (χ2v) is 6.33. The molecule has 2 rings (SSSR count). The van der Waals surface area contributed by atoms with E-state index in [0.29, 0.717) is 16.7 Å². The molecule has 20 heavy (non-hydrogen) atoms. The van der Waals surface area contributed by atoms with Gasteiger partial charge in [0, 0.05) is 10.9 Å². The molecule has 0 atom stereocenters. The summed E-state index contributed by atoms with van der Waals surface area (Å²) in [6.45, 7) is 1.86. The van der Waals surface area contributed by atoms with Crippen LogP contribution in [0.25, 0.3) is 0 Å². The van der Waals surface area contributed by atoms with Crippen LogP contribution >= 0.6 is 15.9 Å². The number of nitrogens with two attached hydrogens (primary N) is 1. The second-order valence-electron chi connectivity index (χ2n) is 3.88. The fraction of sp³-hybridized carbons (Fsp3) is 0.273. The molecule has 2 aromatic rings. The van der Waals surface area contributed by atoms with E-state index in [1.54, 1.807) is 6.07 Å². The Hall–Kier alpha value is -1.45. The van der Waals surface area contributed by atoms with E-state index in [0.717, 1.165) is 0 Å². The molecule has 7 nitrogen and oxygen atoms in total. The molecule has 1 heterocycles. The van der Waals surface area contributed by atoms with Crippen molar-refractivity contribution in [3.8, 4) is 5.75 Å². The zero-order chi connectivity index (χ0) is 14.8. The van der Waals surface area contributed by atoms with E-state index in [1.807, 2.05) is 6.92 Å². The molecular formula is C11H12BrN3O4S. The Balaban J connectivity index is 2.21. The Kier molecular flexibility index (Phi) is 4.41. The maximum atomic E-state index is 11.5. The summed E-state index contributed by atoms with van der Waals surface area (Å²) in [7, 11) is -3.88. The number of hydrogen-bond donors (Lipinski definition) is 1. The SMILES string of the molecule is CCc1noc(COc2ccc(Br)cc2S(N)(=O)=O)n1. The molecule has 108 valence electrons. The Morgan fingerprint density at radius 2 is 2.20 bits per heavy atom. The van der Waals surface area contributed by atoms with Gasteiger partial charge in [-0.05, 0) is 18.2 Å². The standard InChI is InChI=1S/C11H12BrN3O4S/c1-2-10-14-11(19-15-10)6-18-8-4-3-7(12)5-9(8)20(13,16)17/h3-5H,2,6H2,1H3,(H2,13,16,17). The lowest BCUT2D eigenvalue weighted by Gasteiger charge is -2.08. The largest absolute Gasteiger partial charge is 0.482 e. The molecule has 0 aliphatic carbocycles. The molecule has 0 aliphatic heterocycles. The van der Waals surface area contributed by atoms with E-state index in [9.17, 15) is 8.42 Å². The molecule has 0 aliphatic rings. The molecule has 0 spiro atoms. The first-order chi connectivity index (χ1) is 9.40. The van der Waals surface area contributed by atoms with Crippen LogP contribution in [0.3, 0.4) is 0 Å². The van der Waals surface area contributed by atoms with E-state index >= 15 is 0 Å². The number of halogens is 1. The lowest BCUT2D eigenvalue weighted by atomic mass is 10.3. The minimum atomic E-state index is -3.88. The van der Waals surface area contributed by atoms with Crippen molar-refractivity contribution < 1.29 is 17.7 Å². The highest BCUT2D eigenvalue weighted by Gasteiger charge is 2.16. The predicted octanol–water partition coefficient (Wildman–Crippen LogP) is 1.62. The Labute approximate surface area is 124 Å². The maximum Gasteiger partial charge on any atom is 0.264 e. The van der Waals surface area contributed by atoms with Crippen molar-refractivity contribution in [3.63, 3.8) is 0 Å². The van der Waals surface area contributed by atoms with Gasteiger partial charge in [0.1, 0.15) is 10.6 Å². The van der Waals surface area contributed by atoms with Crippen molar-refractivity contribution in [3.05, 3.63) is 34.4 Å². The van der Waals surface area contributed by atoms with Crippen LogP contribution in [0.1, 0.15) is 18.6 Å². The Bertz CT molecular complexity index is 714. The minimum Gasteiger partial charge on any atom is -0.482 e. The molecule has 0 unspecified atom stereocenters. The van der Waals surface area contributed by atoms with Gasteiger partial charge in [-0.15, -0.1) is 0 Å². The molecule has 0 radical (unpaired) electrons. The summed E-state index contributed by atoms with van der Waals surface area (Å²) in [6, 6.07) is 4.52. The molecule has 1 aromatic heterocycles. The highest BCUT2D eigenvalue weighted by molar-refractivity contribution is 9.10. The lowest BCUT2D eigenvalue weighted by Crippen LogP contribution is -2.14. The molecule has 0 saturated carbocycles. The fourth-order valence-corrected chi connectivity index (χ4v) is 2.67. The van der Waals surface area contributed by atoms with Crippen LogP contribution < -0.4 is 9.88 Å². The summed E-state index contributed by atoms with van der Waals surface area (Å²) in [4.78, 5) is 3.95. The van der Waals surface area contributed by atoms with Gasteiger partial charge in [0.15, 0.2) is 12.4 Å². The summed E-state index contributed by atoms with van der Waals surface area (Å²) in [5.41, 5.74) is 0. The highest BCUT2D eigenvalue weighted by Crippen LogP contribution is 2.27. The summed E-state index contributed by atoms with van der Waals surface area (Å²) in [6.07, 6.45) is 0.643. The third-order valence-corrected chi connectivity index (χ3v) is 3.82. The van der Waals surface area contributed by atoms with E-state index in [2.05, 4.69) is 26.1 Å². The molecule has 0 amide bonds. The van der Waals surface area contributed by atoms with Crippen LogP contribution in [0.15, 0.2) is 32.1 Å². The maximum absolute atomic E-state index is 11.5. The van der Waals surface area contributed by atoms with Crippen molar-refractivity contribution >= 4 is 26.0 Å². The zero-order valence-electron chi connectivity index (χ0n) is 10.5. The zero-order valence-corrected chi connectivity index (χ0v) is 12.9. The van der Waals surface area contributed by atoms with Gasteiger partial charge in [-0.3, -0.25) is 0 Å². The summed E-state index contributed by atoms with van der Waals surface area (Å²) >= 11 is 3.18. The number of rotatable bonds is 5. The van der Waals surface area contributed by atoms with E-state index in [4.69, 9.17) is 14.4 Å². The van der Waals surface area contributed by atoms with Crippen molar-refractivity contribution in [2.45, 2.75) is 24.8 Å². The first-order valence-corrected chi connectivity index (χ1v) is 8.00. The van der Waals surface area contributed by atoms with Gasteiger partial charge >= 0.3 is 0 Å². The van der Waals surface area contributed by atoms with E-state index in [1.165, 1.54) is 12.1 Å². The first kappa shape index (κ1) is 14.9. The normalized spacial score (nSPS) is 11.6. The quantitative estimate of drug-likeness (QED) is 0.866. The van der Waals surface area contributed by atoms with E-state index < -0.39 is 10.0 Å². The molecule has 0 bridgehead atoms. The van der Waals surface area contributed by atoms with Gasteiger partial charge in [-0.25, -0.2) is 13.6 Å². The van der Waals surface area contributed by atoms with Crippen molar-refractivity contribution in [1.29, 1.82) is 0 Å². The molecular weight excluding hydrogens is 350 g/mol. The van der Waals surface area contributed by atoms with Crippen LogP contribution in [-0.4, -0.2) is 18.6 Å². The van der Waals surface area contributed by atoms with Crippen molar-refractivity contribution in [2.24, 2.45) is 5.14 Å². The van der Waals surface area contributed by atoms with Crippen LogP contribution in [0.2, 0.25) is 0 Å². The molecule has 0 fully saturated rings. The van der Waals surface area contributed by atoms with E-state index in [-0.39, 0.29) is 23.1 Å². The lowest BCUT2D eigenvalue weighted by molar-refractivity contribution is 0.237. The predicted molar refractivity (Wildman–Crippen MR) is 73.5 cm³/mol. The summed E-state index contributed by atoms with van der Waals surface area (Å²) in [5, 5.41) is 8.86. The summed E-state index contributed by atoms with van der Waals surface area (Å²) in [5.74, 6) is 0.961. The average Bonchev–Trinajstić information content (AvgIpc) is 2.84. The first-order valence-electron chi connectivity index (χ1n) is 5.66. The van der Waals surface area contributed by atoms with Gasteiger partial charge in [-0.1, -0.05) is 28.0 Å². The average molecular weight is 362 g/mol. The third-order valence-electron chi connectivity index (χ3n) is 2.39. The van der Waals surface area contributed by atoms with Crippen LogP contribution in [-0.2, 0) is 23.1 Å². The molecule has 1 aromatic carbocycles. The number of aryl methyl sites for hydroxylation is 1. The van der Waals surface area contributed by atoms with Crippen molar-refractivity contribution in [1.82, 2.24) is 10.1 Å². The van der Waals surface area contributed by atoms with Gasteiger partial charge in [0.25, 0.3) is 5.89 Å². The molecule has 9 heteroatoms. The smallest absolute Gasteiger partial charge is 0.264 e. The number of ether oxygens (including phenoxy) is 1. The van der Waals surface area contributed by atoms with Crippen LogP contribution in [0, 0.1) is 0 Å². The topological polar surface area (TPSA) is 108 Å². The van der Waals surface area contributed by atoms with Crippen molar-refractivity contribution in [2.75, 3.05) is 0 Å². The monoisotopic (exact) mass is 361 g/mol. The van der Waals surface area contributed by atoms with Gasteiger partial charge < -0.3 is 9.26 Å². The molecule has 0 saturated heterocycles. The number of nitrogens with zero attached hydrogens (tertiary/aromatic N) is 2. The van der Waals surface area contributed by atoms with Gasteiger partial charge in [-0.2, -0.15) is 4.98 Å². The minimum absolute atomic E-state index is 0.0306. The van der Waals surface area contributed by atoms with Gasteiger partial charge in [0.2, 0.25) is 10.0 Å². The fourth-order valence-electron chi connectivity index (χ4n) is 1.46. The van der Waals surface area contributed by atoms with Crippen LogP contribution in [0.5, 0.6) is 5.75 Å². The number of primary sulfonamides is 1. The van der Waals surface area contributed by atoms with Gasteiger partial charge in [0.05, 0.1) is 0 Å². The number of aromatic nitrogens is 2. The summed E-state index contributed by atoms with van der Waals surface area (Å²) < 4.78 is 33.9. The number of sulfonamides is 1. The highest BCUT2D eigenvalue weighted by atomic mass is 79.9. The molecule has 2 N–H and O–H groups in total. The Morgan fingerprint density at radius 3 is 2.80 bits per heavy atom.